The van der Waals surface area contributed by atoms with E-state index < -0.39 is 23.8 Å². The van der Waals surface area contributed by atoms with Crippen LogP contribution in [0.15, 0.2) is 48.2 Å². The molecular weight excluding hydrogens is 287 g/mol. The van der Waals surface area contributed by atoms with Crippen LogP contribution in [-0.4, -0.2) is 22.2 Å². The predicted octanol–water partition coefficient (Wildman–Crippen LogP) is 3.23. The maximum atomic E-state index is 12.6. The van der Waals surface area contributed by atoms with E-state index in [1.165, 1.54) is 24.4 Å². The lowest BCUT2D eigenvalue weighted by Crippen LogP contribution is -2.40. The van der Waals surface area contributed by atoms with Crippen LogP contribution < -0.4 is 4.84 Å². The summed E-state index contributed by atoms with van der Waals surface area (Å²) in [6.45, 7) is 1.72. The van der Waals surface area contributed by atoms with Crippen molar-refractivity contribution in [3.63, 3.8) is 0 Å². The number of benzene rings is 1. The van der Waals surface area contributed by atoms with E-state index in [2.05, 4.69) is 0 Å². The van der Waals surface area contributed by atoms with Crippen molar-refractivity contribution in [2.24, 2.45) is 0 Å². The molecule has 0 aromatic heterocycles. The monoisotopic (exact) mass is 299 g/mol. The highest BCUT2D eigenvalue weighted by atomic mass is 19.4. The zero-order valence-electron chi connectivity index (χ0n) is 11.0. The lowest BCUT2D eigenvalue weighted by molar-refractivity contribution is -0.150. The summed E-state index contributed by atoms with van der Waals surface area (Å²) in [5.74, 6) is -1.25. The Kier molecular flexibility index (Phi) is 3.93. The normalized spacial score (nSPS) is 18.4. The molecule has 0 amide bonds. The third-order valence-corrected chi connectivity index (χ3v) is 2.80. The average molecular weight is 299 g/mol. The first kappa shape index (κ1) is 15.0. The minimum absolute atomic E-state index is 0.0892. The molecule has 0 bridgehead atoms. The van der Waals surface area contributed by atoms with Crippen LogP contribution in [0.4, 0.5) is 13.2 Å². The summed E-state index contributed by atoms with van der Waals surface area (Å²) in [5, 5.41) is 10.1. The molecule has 1 N–H and O–H groups in total. The molecule has 1 unspecified atom stereocenters. The lowest BCUT2D eigenvalue weighted by atomic mass is 10.1. The largest absolute Gasteiger partial charge is 0.479 e. The summed E-state index contributed by atoms with van der Waals surface area (Å²) >= 11 is 0. The topological polar surface area (TPSA) is 49.8 Å². The first-order valence-corrected chi connectivity index (χ1v) is 6.00. The number of aliphatic carboxylic acids is 1. The minimum Gasteiger partial charge on any atom is -0.479 e. The maximum Gasteiger partial charge on any atom is 0.416 e. The zero-order valence-corrected chi connectivity index (χ0v) is 11.0. The molecule has 0 spiro atoms. The molecule has 0 aliphatic carbocycles. The van der Waals surface area contributed by atoms with Crippen LogP contribution in [0.2, 0.25) is 0 Å². The fourth-order valence-electron chi connectivity index (χ4n) is 1.78. The molecular formula is C14H12F3NO3. The van der Waals surface area contributed by atoms with Crippen molar-refractivity contribution in [3.05, 3.63) is 53.8 Å². The number of carboxylic acids is 1. The third kappa shape index (κ3) is 3.56. The van der Waals surface area contributed by atoms with Gasteiger partial charge in [-0.05, 0) is 37.3 Å². The van der Waals surface area contributed by atoms with Gasteiger partial charge in [-0.2, -0.15) is 18.2 Å². The molecule has 1 aromatic carbocycles. The Morgan fingerprint density at radius 3 is 2.71 bits per heavy atom. The molecule has 0 saturated heterocycles. The minimum atomic E-state index is -4.49. The number of hydroxylamine groups is 2. The summed E-state index contributed by atoms with van der Waals surface area (Å²) < 4.78 is 37.8. The van der Waals surface area contributed by atoms with Crippen LogP contribution in [0.5, 0.6) is 5.75 Å². The Balaban J connectivity index is 2.22. The standard InChI is InChI=1S/C14H12F3NO3/c1-9-5-6-18(12(7-9)13(19)20)21-11-4-2-3-10(8-11)14(15,16)17/h2-8,12H,1H3,(H,19,20). The molecule has 4 nitrogen and oxygen atoms in total. The Labute approximate surface area is 118 Å². The van der Waals surface area contributed by atoms with Crippen LogP contribution in [0.3, 0.4) is 0 Å². The Hall–Kier alpha value is -2.44. The maximum absolute atomic E-state index is 12.6. The molecule has 21 heavy (non-hydrogen) atoms. The van der Waals surface area contributed by atoms with Crippen molar-refractivity contribution in [3.8, 4) is 5.75 Å². The molecule has 7 heteroatoms. The summed E-state index contributed by atoms with van der Waals surface area (Å²) in [6.07, 6.45) is -0.0722. The highest BCUT2D eigenvalue weighted by Crippen LogP contribution is 2.31. The van der Waals surface area contributed by atoms with Crippen LogP contribution in [-0.2, 0) is 11.0 Å². The van der Waals surface area contributed by atoms with Gasteiger partial charge in [-0.3, -0.25) is 0 Å². The number of rotatable bonds is 3. The van der Waals surface area contributed by atoms with Crippen molar-refractivity contribution in [2.45, 2.75) is 19.1 Å². The Morgan fingerprint density at radius 2 is 2.10 bits per heavy atom. The van der Waals surface area contributed by atoms with Crippen molar-refractivity contribution in [2.75, 3.05) is 0 Å². The molecule has 112 valence electrons. The van der Waals surface area contributed by atoms with E-state index in [-0.39, 0.29) is 5.75 Å². The molecule has 0 radical (unpaired) electrons. The van der Waals surface area contributed by atoms with E-state index in [0.29, 0.717) is 0 Å². The van der Waals surface area contributed by atoms with Gasteiger partial charge < -0.3 is 9.94 Å². The van der Waals surface area contributed by atoms with Gasteiger partial charge in [-0.1, -0.05) is 11.6 Å². The second kappa shape index (κ2) is 5.51. The molecule has 0 saturated carbocycles. The van der Waals surface area contributed by atoms with Gasteiger partial charge in [0.2, 0.25) is 0 Å². The fraction of sp³-hybridized carbons (Fsp3) is 0.214. The van der Waals surface area contributed by atoms with Gasteiger partial charge in [0, 0.05) is 6.20 Å². The van der Waals surface area contributed by atoms with E-state index >= 15 is 0 Å². The van der Waals surface area contributed by atoms with Crippen molar-refractivity contribution < 1.29 is 27.9 Å². The average Bonchev–Trinajstić information content (AvgIpc) is 2.40. The number of hydrogen-bond acceptors (Lipinski definition) is 3. The van der Waals surface area contributed by atoms with Gasteiger partial charge in [0.05, 0.1) is 5.56 Å². The van der Waals surface area contributed by atoms with Gasteiger partial charge in [0.1, 0.15) is 0 Å². The van der Waals surface area contributed by atoms with E-state index in [1.807, 2.05) is 0 Å². The molecule has 1 aliphatic heterocycles. The Bertz CT molecular complexity index is 608. The van der Waals surface area contributed by atoms with E-state index in [0.717, 1.165) is 22.8 Å². The van der Waals surface area contributed by atoms with Crippen LogP contribution in [0.25, 0.3) is 0 Å². The molecule has 2 rings (SSSR count). The quantitative estimate of drug-likeness (QED) is 0.931. The van der Waals surface area contributed by atoms with E-state index in [9.17, 15) is 18.0 Å². The van der Waals surface area contributed by atoms with Crippen molar-refractivity contribution in [1.82, 2.24) is 5.06 Å². The van der Waals surface area contributed by atoms with Gasteiger partial charge in [0.15, 0.2) is 11.8 Å². The number of hydrogen-bond donors (Lipinski definition) is 1. The smallest absolute Gasteiger partial charge is 0.416 e. The van der Waals surface area contributed by atoms with Gasteiger partial charge in [0.25, 0.3) is 0 Å². The third-order valence-electron chi connectivity index (χ3n) is 2.80. The second-order valence-electron chi connectivity index (χ2n) is 4.49. The van der Waals surface area contributed by atoms with Crippen molar-refractivity contribution >= 4 is 5.97 Å². The molecule has 1 heterocycles. The van der Waals surface area contributed by atoms with Crippen molar-refractivity contribution in [1.29, 1.82) is 0 Å². The second-order valence-corrected chi connectivity index (χ2v) is 4.49. The van der Waals surface area contributed by atoms with Crippen LogP contribution in [0.1, 0.15) is 12.5 Å². The Morgan fingerprint density at radius 1 is 1.38 bits per heavy atom. The van der Waals surface area contributed by atoms with Gasteiger partial charge >= 0.3 is 12.1 Å². The molecule has 1 atom stereocenters. The summed E-state index contributed by atoms with van der Waals surface area (Å²) in [5.41, 5.74) is -0.133. The number of allylic oxidation sites excluding steroid dienone is 2. The summed E-state index contributed by atoms with van der Waals surface area (Å²) in [4.78, 5) is 16.4. The number of carboxylic acid groups (broad SMARTS) is 1. The zero-order chi connectivity index (χ0) is 15.6. The number of nitrogens with zero attached hydrogens (tertiary/aromatic N) is 1. The first-order valence-electron chi connectivity index (χ1n) is 6.00. The highest BCUT2D eigenvalue weighted by Gasteiger charge is 2.31. The predicted molar refractivity (Wildman–Crippen MR) is 68.2 cm³/mol. The first-order chi connectivity index (χ1) is 9.77. The van der Waals surface area contributed by atoms with E-state index in [1.54, 1.807) is 13.0 Å². The van der Waals surface area contributed by atoms with Crippen LogP contribution >= 0.6 is 0 Å². The lowest BCUT2D eigenvalue weighted by Gasteiger charge is -2.27. The van der Waals surface area contributed by atoms with Gasteiger partial charge in [-0.15, -0.1) is 0 Å². The van der Waals surface area contributed by atoms with E-state index in [4.69, 9.17) is 9.94 Å². The number of carbonyl (C=O) groups is 1. The fourth-order valence-corrected chi connectivity index (χ4v) is 1.78. The molecule has 0 fully saturated rings. The van der Waals surface area contributed by atoms with Gasteiger partial charge in [-0.25, -0.2) is 4.79 Å². The summed E-state index contributed by atoms with van der Waals surface area (Å²) in [7, 11) is 0. The molecule has 1 aliphatic rings. The highest BCUT2D eigenvalue weighted by molar-refractivity contribution is 5.76. The number of alkyl halides is 3. The number of halogens is 3. The summed E-state index contributed by atoms with van der Waals surface area (Å²) in [6, 6.07) is 3.16. The molecule has 1 aromatic rings. The van der Waals surface area contributed by atoms with Crippen LogP contribution in [0, 0.1) is 0 Å². The SMILES string of the molecule is CC1=CC(C(=O)O)N(Oc2cccc(C(F)(F)F)c2)C=C1.